The molecule has 9 nitrogen and oxygen atoms in total. The van der Waals surface area contributed by atoms with Crippen molar-refractivity contribution in [2.45, 2.75) is 33.4 Å². The number of alkyl halides is 2. The summed E-state index contributed by atoms with van der Waals surface area (Å²) in [5, 5.41) is 3.42. The molecule has 0 radical (unpaired) electrons. The minimum Gasteiger partial charge on any atom is -0.494 e. The van der Waals surface area contributed by atoms with Crippen LogP contribution < -0.4 is 10.1 Å². The molecule has 0 aromatic carbocycles. The number of carbonyl (C=O) groups is 2. The van der Waals surface area contributed by atoms with E-state index in [2.05, 4.69) is 25.3 Å². The van der Waals surface area contributed by atoms with E-state index in [-0.39, 0.29) is 40.6 Å². The van der Waals surface area contributed by atoms with E-state index in [1.807, 2.05) is 0 Å². The molecule has 0 saturated heterocycles. The van der Waals surface area contributed by atoms with Crippen molar-refractivity contribution >= 4 is 39.9 Å². The molecule has 5 rings (SSSR count). The summed E-state index contributed by atoms with van der Waals surface area (Å²) in [6.07, 6.45) is 1.46. The van der Waals surface area contributed by atoms with Crippen LogP contribution in [0.4, 0.5) is 13.9 Å². The van der Waals surface area contributed by atoms with Gasteiger partial charge in [-0.15, -0.1) is 0 Å². The highest BCUT2D eigenvalue weighted by Gasteiger charge is 2.31. The van der Waals surface area contributed by atoms with E-state index in [0.717, 1.165) is 4.88 Å². The summed E-state index contributed by atoms with van der Waals surface area (Å²) in [6.45, 7) is 3.67. The second kappa shape index (κ2) is 10.6. The van der Waals surface area contributed by atoms with Gasteiger partial charge in [-0.1, -0.05) is 22.9 Å². The molecule has 0 bridgehead atoms. The van der Waals surface area contributed by atoms with Gasteiger partial charge in [-0.05, 0) is 37.6 Å². The molecule has 0 atom stereocenters. The quantitative estimate of drug-likeness (QED) is 0.300. The Morgan fingerprint density at radius 1 is 1.13 bits per heavy atom. The van der Waals surface area contributed by atoms with Crippen LogP contribution in [0.5, 0.6) is 5.75 Å². The number of amides is 2. The number of fused-ring (bicyclic) bond motifs is 1. The number of aromatic nitrogens is 4. The number of rotatable bonds is 6. The number of thiazole rings is 1. The number of carbonyl (C=O) groups excluding carboxylic acids is 2. The fourth-order valence-electron chi connectivity index (χ4n) is 4.31. The van der Waals surface area contributed by atoms with Crippen LogP contribution in [-0.4, -0.2) is 43.8 Å². The lowest BCUT2D eigenvalue weighted by Gasteiger charge is -2.17. The van der Waals surface area contributed by atoms with Gasteiger partial charge in [0.1, 0.15) is 16.6 Å². The fourth-order valence-corrected chi connectivity index (χ4v) is 5.45. The molecule has 2 amide bonds. The Kier molecular flexibility index (Phi) is 7.23. The van der Waals surface area contributed by atoms with Gasteiger partial charge in [-0.2, -0.15) is 0 Å². The van der Waals surface area contributed by atoms with Gasteiger partial charge in [-0.3, -0.25) is 24.9 Å². The maximum Gasteiger partial charge on any atom is 0.273 e. The molecule has 0 spiro atoms. The average molecular weight is 571 g/mol. The zero-order valence-electron chi connectivity index (χ0n) is 21.0. The maximum absolute atomic E-state index is 13.3. The smallest absolute Gasteiger partial charge is 0.273 e. The number of pyridine rings is 3. The third kappa shape index (κ3) is 5.17. The molecule has 1 aliphatic rings. The summed E-state index contributed by atoms with van der Waals surface area (Å²) >= 11 is 7.35. The standard InChI is InChI=1S/C26H21ClF2N6O3S/c1-12-6-15(16-7-21(27)32-9-19(16)38-3)17(8-31-12)24(36)34-26-33-18-10-35(11-20(18)39-26)25(37)22-13(2)14(23(28)29)4-5-30-22/h4-9,23H,10-11H2,1-3H3,(H,33,34,36). The van der Waals surface area contributed by atoms with Crippen molar-refractivity contribution in [3.63, 3.8) is 0 Å². The van der Waals surface area contributed by atoms with E-state index in [4.69, 9.17) is 16.3 Å². The van der Waals surface area contributed by atoms with Crippen molar-refractivity contribution in [2.75, 3.05) is 12.4 Å². The predicted molar refractivity (Wildman–Crippen MR) is 141 cm³/mol. The molecule has 5 heterocycles. The van der Waals surface area contributed by atoms with E-state index < -0.39 is 18.2 Å². The maximum atomic E-state index is 13.3. The van der Waals surface area contributed by atoms with E-state index in [1.54, 1.807) is 19.1 Å². The summed E-state index contributed by atoms with van der Waals surface area (Å²) < 4.78 is 32.0. The summed E-state index contributed by atoms with van der Waals surface area (Å²) in [6, 6.07) is 4.58. The molecule has 1 aliphatic heterocycles. The van der Waals surface area contributed by atoms with Crippen molar-refractivity contribution in [2.24, 2.45) is 0 Å². The van der Waals surface area contributed by atoms with Crippen molar-refractivity contribution in [1.29, 1.82) is 0 Å². The van der Waals surface area contributed by atoms with Gasteiger partial charge in [0.2, 0.25) is 0 Å². The van der Waals surface area contributed by atoms with E-state index in [0.29, 0.717) is 33.4 Å². The highest BCUT2D eigenvalue weighted by Crippen LogP contribution is 2.36. The number of nitrogens with zero attached hydrogens (tertiary/aromatic N) is 5. The van der Waals surface area contributed by atoms with Crippen molar-refractivity contribution in [3.05, 3.63) is 80.6 Å². The van der Waals surface area contributed by atoms with Crippen LogP contribution in [0.3, 0.4) is 0 Å². The van der Waals surface area contributed by atoms with Crippen LogP contribution >= 0.6 is 22.9 Å². The van der Waals surface area contributed by atoms with Gasteiger partial charge in [0.15, 0.2) is 5.13 Å². The second-order valence-corrected chi connectivity index (χ2v) is 10.2. The number of nitrogens with one attached hydrogen (secondary N) is 1. The molecule has 0 aliphatic carbocycles. The minimum absolute atomic E-state index is 0.0116. The third-order valence-electron chi connectivity index (χ3n) is 6.27. The number of methoxy groups -OCH3 is 1. The van der Waals surface area contributed by atoms with Crippen LogP contribution in [0.1, 0.15) is 54.7 Å². The van der Waals surface area contributed by atoms with Crippen molar-refractivity contribution in [3.8, 4) is 16.9 Å². The molecule has 0 fully saturated rings. The van der Waals surface area contributed by atoms with Gasteiger partial charge < -0.3 is 9.64 Å². The Balaban J connectivity index is 1.35. The monoisotopic (exact) mass is 570 g/mol. The molecule has 0 saturated carbocycles. The predicted octanol–water partition coefficient (Wildman–Crippen LogP) is 5.62. The molecule has 200 valence electrons. The Morgan fingerprint density at radius 3 is 2.64 bits per heavy atom. The third-order valence-corrected chi connectivity index (χ3v) is 7.48. The SMILES string of the molecule is COc1cnc(Cl)cc1-c1cc(C)ncc1C(=O)Nc1nc2c(s1)CN(C(=O)c1nccc(C(F)F)c1C)C2. The molecule has 4 aromatic rings. The first-order valence-electron chi connectivity index (χ1n) is 11.7. The minimum atomic E-state index is -2.70. The average Bonchev–Trinajstić information content (AvgIpc) is 3.47. The number of ether oxygens (including phenoxy) is 1. The Morgan fingerprint density at radius 2 is 1.92 bits per heavy atom. The van der Waals surface area contributed by atoms with E-state index in [9.17, 15) is 18.4 Å². The van der Waals surface area contributed by atoms with Crippen LogP contribution in [0.25, 0.3) is 11.1 Å². The lowest BCUT2D eigenvalue weighted by atomic mass is 10.0. The molecule has 0 unspecified atom stereocenters. The summed E-state index contributed by atoms with van der Waals surface area (Å²) in [5.74, 6) is -0.441. The van der Waals surface area contributed by atoms with Gasteiger partial charge in [-0.25, -0.2) is 18.7 Å². The van der Waals surface area contributed by atoms with Gasteiger partial charge in [0.25, 0.3) is 18.2 Å². The lowest BCUT2D eigenvalue weighted by molar-refractivity contribution is 0.0743. The summed E-state index contributed by atoms with van der Waals surface area (Å²) in [7, 11) is 1.50. The summed E-state index contributed by atoms with van der Waals surface area (Å²) in [5.41, 5.74) is 2.68. The largest absolute Gasteiger partial charge is 0.494 e. The number of aryl methyl sites for hydroxylation is 1. The first kappa shape index (κ1) is 26.6. The molecule has 1 N–H and O–H groups in total. The van der Waals surface area contributed by atoms with Gasteiger partial charge >= 0.3 is 0 Å². The molecule has 39 heavy (non-hydrogen) atoms. The van der Waals surface area contributed by atoms with E-state index in [1.165, 1.54) is 54.9 Å². The van der Waals surface area contributed by atoms with Gasteiger partial charge in [0, 0.05) is 34.8 Å². The Bertz CT molecular complexity index is 1590. The summed E-state index contributed by atoms with van der Waals surface area (Å²) in [4.78, 5) is 45.4. The Hall–Kier alpha value is -4.03. The second-order valence-electron chi connectivity index (χ2n) is 8.76. The highest BCUT2D eigenvalue weighted by atomic mass is 35.5. The molecule has 4 aromatic heterocycles. The van der Waals surface area contributed by atoms with Crippen molar-refractivity contribution in [1.82, 2.24) is 24.8 Å². The molecular formula is C26H21ClF2N6O3S. The zero-order valence-corrected chi connectivity index (χ0v) is 22.5. The zero-order chi connectivity index (χ0) is 27.8. The number of hydrogen-bond acceptors (Lipinski definition) is 8. The number of halogens is 3. The van der Waals surface area contributed by atoms with Gasteiger partial charge in [0.05, 0.1) is 42.5 Å². The highest BCUT2D eigenvalue weighted by molar-refractivity contribution is 7.16. The lowest BCUT2D eigenvalue weighted by Crippen LogP contribution is -2.27. The molecular weight excluding hydrogens is 550 g/mol. The van der Waals surface area contributed by atoms with Crippen LogP contribution in [0, 0.1) is 13.8 Å². The topological polar surface area (TPSA) is 110 Å². The number of anilines is 1. The van der Waals surface area contributed by atoms with E-state index >= 15 is 0 Å². The van der Waals surface area contributed by atoms with Crippen LogP contribution in [-0.2, 0) is 13.1 Å². The van der Waals surface area contributed by atoms with Crippen LogP contribution in [0.15, 0.2) is 36.8 Å². The van der Waals surface area contributed by atoms with Crippen molar-refractivity contribution < 1.29 is 23.1 Å². The first-order valence-corrected chi connectivity index (χ1v) is 12.8. The normalized spacial score (nSPS) is 12.5. The fraction of sp³-hybridized carbons (Fsp3) is 0.231. The first-order chi connectivity index (χ1) is 18.7. The Labute approximate surface area is 230 Å². The molecule has 13 heteroatoms. The number of hydrogen-bond donors (Lipinski definition) is 1. The van der Waals surface area contributed by atoms with Crippen LogP contribution in [0.2, 0.25) is 5.15 Å².